The number of nitrogens with one attached hydrogen (secondary N) is 3. The summed E-state index contributed by atoms with van der Waals surface area (Å²) in [5.41, 5.74) is -0.469. The summed E-state index contributed by atoms with van der Waals surface area (Å²) in [6.45, 7) is 5.33. The second-order valence-electron chi connectivity index (χ2n) is 7.82. The third-order valence-electron chi connectivity index (χ3n) is 3.88. The molecule has 2 aromatic carbocycles. The maximum absolute atomic E-state index is 13.8. The van der Waals surface area contributed by atoms with Crippen molar-refractivity contribution in [2.24, 2.45) is 0 Å². The molecule has 0 atom stereocenters. The highest BCUT2D eigenvalue weighted by Crippen LogP contribution is 2.22. The van der Waals surface area contributed by atoms with Gasteiger partial charge in [-0.3, -0.25) is 9.59 Å². The van der Waals surface area contributed by atoms with Crippen molar-refractivity contribution in [1.29, 1.82) is 0 Å². The Morgan fingerprint density at radius 2 is 1.77 bits per heavy atom. The number of sulfonamides is 1. The van der Waals surface area contributed by atoms with Gasteiger partial charge >= 0.3 is 0 Å². The number of anilines is 2. The predicted molar refractivity (Wildman–Crippen MR) is 116 cm³/mol. The van der Waals surface area contributed by atoms with Crippen molar-refractivity contribution in [2.75, 3.05) is 24.4 Å². The summed E-state index contributed by atoms with van der Waals surface area (Å²) in [6, 6.07) is 9.06. The van der Waals surface area contributed by atoms with Gasteiger partial charge in [-0.1, -0.05) is 6.07 Å². The summed E-state index contributed by atoms with van der Waals surface area (Å²) in [7, 11) is -2.36. The van der Waals surface area contributed by atoms with Crippen molar-refractivity contribution in [3.8, 4) is 0 Å². The maximum Gasteiger partial charge on any atom is 0.257 e. The molecule has 10 heteroatoms. The number of benzene rings is 2. The Bertz CT molecular complexity index is 1060. The average Bonchev–Trinajstić information content (AvgIpc) is 2.66. The number of hydrogen-bond acceptors (Lipinski definition) is 5. The maximum atomic E-state index is 13.8. The SMILES string of the molecule is COCCC(=O)Nc1ccc(F)cc1C(=O)Nc1cccc(S(=O)(=O)NC(C)(C)C)c1. The zero-order valence-electron chi connectivity index (χ0n) is 17.8. The number of hydrogen-bond donors (Lipinski definition) is 3. The van der Waals surface area contributed by atoms with Gasteiger partial charge in [0.2, 0.25) is 15.9 Å². The minimum absolute atomic E-state index is 0.0347. The van der Waals surface area contributed by atoms with Crippen LogP contribution in [0.15, 0.2) is 47.4 Å². The van der Waals surface area contributed by atoms with E-state index in [1.807, 2.05) is 0 Å². The highest BCUT2D eigenvalue weighted by molar-refractivity contribution is 7.89. The number of methoxy groups -OCH3 is 1. The fourth-order valence-electron chi connectivity index (χ4n) is 2.62. The van der Waals surface area contributed by atoms with Crippen LogP contribution in [0, 0.1) is 5.82 Å². The Morgan fingerprint density at radius 1 is 1.06 bits per heavy atom. The van der Waals surface area contributed by atoms with Gasteiger partial charge < -0.3 is 15.4 Å². The standard InChI is InChI=1S/C21H26FN3O5S/c1-21(2,3)25-31(28,29)16-7-5-6-15(13-16)23-20(27)17-12-14(22)8-9-18(17)24-19(26)10-11-30-4/h5-9,12-13,25H,10-11H2,1-4H3,(H,23,27)(H,24,26). The summed E-state index contributed by atoms with van der Waals surface area (Å²) in [6.07, 6.45) is 0.0651. The first-order chi connectivity index (χ1) is 14.4. The van der Waals surface area contributed by atoms with Gasteiger partial charge in [0.25, 0.3) is 5.91 Å². The monoisotopic (exact) mass is 451 g/mol. The molecule has 0 aliphatic carbocycles. The molecule has 0 saturated heterocycles. The molecule has 0 fully saturated rings. The molecule has 2 aromatic rings. The molecular weight excluding hydrogens is 425 g/mol. The van der Waals surface area contributed by atoms with E-state index in [9.17, 15) is 22.4 Å². The molecule has 0 saturated carbocycles. The molecule has 0 bridgehead atoms. The number of carbonyl (C=O) groups is 2. The van der Waals surface area contributed by atoms with E-state index in [1.54, 1.807) is 20.8 Å². The summed E-state index contributed by atoms with van der Waals surface area (Å²) >= 11 is 0. The molecule has 0 aliphatic heterocycles. The first-order valence-electron chi connectivity index (χ1n) is 9.45. The Morgan fingerprint density at radius 3 is 2.42 bits per heavy atom. The number of rotatable bonds is 8. The smallest absolute Gasteiger partial charge is 0.257 e. The van der Waals surface area contributed by atoms with Crippen LogP contribution < -0.4 is 15.4 Å². The minimum Gasteiger partial charge on any atom is -0.384 e. The predicted octanol–water partition coefficient (Wildman–Crippen LogP) is 3.13. The van der Waals surface area contributed by atoms with E-state index >= 15 is 0 Å². The van der Waals surface area contributed by atoms with Crippen LogP contribution >= 0.6 is 0 Å². The Labute approximate surface area is 181 Å². The van der Waals surface area contributed by atoms with Crippen LogP contribution in [0.2, 0.25) is 0 Å². The van der Waals surface area contributed by atoms with Crippen LogP contribution in [0.5, 0.6) is 0 Å². The van der Waals surface area contributed by atoms with E-state index in [2.05, 4.69) is 15.4 Å². The van der Waals surface area contributed by atoms with Gasteiger partial charge in [-0.05, 0) is 57.2 Å². The number of halogens is 1. The molecule has 2 amide bonds. The van der Waals surface area contributed by atoms with E-state index in [0.29, 0.717) is 0 Å². The first kappa shape index (κ1) is 24.4. The van der Waals surface area contributed by atoms with E-state index < -0.39 is 33.2 Å². The highest BCUT2D eigenvalue weighted by Gasteiger charge is 2.22. The zero-order chi connectivity index (χ0) is 23.2. The van der Waals surface area contributed by atoms with Gasteiger partial charge in [-0.2, -0.15) is 0 Å². The van der Waals surface area contributed by atoms with Crippen molar-refractivity contribution in [3.05, 3.63) is 53.8 Å². The molecule has 0 aromatic heterocycles. The van der Waals surface area contributed by atoms with E-state index in [1.165, 1.54) is 37.4 Å². The fraction of sp³-hybridized carbons (Fsp3) is 0.333. The molecule has 3 N–H and O–H groups in total. The molecule has 0 unspecified atom stereocenters. The van der Waals surface area contributed by atoms with Crippen molar-refractivity contribution >= 4 is 33.2 Å². The lowest BCUT2D eigenvalue weighted by atomic mass is 10.1. The van der Waals surface area contributed by atoms with E-state index in [-0.39, 0.29) is 34.9 Å². The van der Waals surface area contributed by atoms with Crippen LogP contribution in [0.25, 0.3) is 0 Å². The van der Waals surface area contributed by atoms with Crippen molar-refractivity contribution in [2.45, 2.75) is 37.6 Å². The first-order valence-corrected chi connectivity index (χ1v) is 10.9. The molecule has 31 heavy (non-hydrogen) atoms. The van der Waals surface area contributed by atoms with E-state index in [0.717, 1.165) is 12.1 Å². The largest absolute Gasteiger partial charge is 0.384 e. The van der Waals surface area contributed by atoms with Crippen molar-refractivity contribution in [1.82, 2.24) is 4.72 Å². The number of amides is 2. The third kappa shape index (κ3) is 7.42. The molecule has 168 valence electrons. The quantitative estimate of drug-likeness (QED) is 0.571. The molecule has 0 spiro atoms. The second-order valence-corrected chi connectivity index (χ2v) is 9.50. The zero-order valence-corrected chi connectivity index (χ0v) is 18.6. The molecule has 0 aliphatic rings. The molecule has 2 rings (SSSR count). The number of ether oxygens (including phenoxy) is 1. The lowest BCUT2D eigenvalue weighted by molar-refractivity contribution is -0.117. The number of carbonyl (C=O) groups excluding carboxylic acids is 2. The Balaban J connectivity index is 2.26. The topological polar surface area (TPSA) is 114 Å². The van der Waals surface area contributed by atoms with Gasteiger partial charge in [0.15, 0.2) is 0 Å². The summed E-state index contributed by atoms with van der Waals surface area (Å²) in [5.74, 6) is -1.77. The van der Waals surface area contributed by atoms with Crippen LogP contribution in [0.4, 0.5) is 15.8 Å². The van der Waals surface area contributed by atoms with Gasteiger partial charge in [0.1, 0.15) is 5.82 Å². The molecular formula is C21H26FN3O5S. The van der Waals surface area contributed by atoms with Gasteiger partial charge in [-0.25, -0.2) is 17.5 Å². The Hall–Kier alpha value is -2.82. The Kier molecular flexibility index (Phi) is 7.88. The van der Waals surface area contributed by atoms with Crippen LogP contribution in [0.1, 0.15) is 37.6 Å². The molecule has 8 nitrogen and oxygen atoms in total. The minimum atomic E-state index is -3.81. The van der Waals surface area contributed by atoms with E-state index in [4.69, 9.17) is 4.74 Å². The average molecular weight is 452 g/mol. The van der Waals surface area contributed by atoms with Crippen LogP contribution in [-0.2, 0) is 19.6 Å². The van der Waals surface area contributed by atoms with Crippen LogP contribution in [0.3, 0.4) is 0 Å². The summed E-state index contributed by atoms with van der Waals surface area (Å²) in [5, 5.41) is 5.09. The lowest BCUT2D eigenvalue weighted by Gasteiger charge is -2.20. The second kappa shape index (κ2) is 9.99. The van der Waals surface area contributed by atoms with Gasteiger partial charge in [0.05, 0.1) is 29.2 Å². The van der Waals surface area contributed by atoms with Crippen molar-refractivity contribution in [3.63, 3.8) is 0 Å². The third-order valence-corrected chi connectivity index (χ3v) is 5.63. The summed E-state index contributed by atoms with van der Waals surface area (Å²) < 4.78 is 46.2. The molecule has 0 heterocycles. The van der Waals surface area contributed by atoms with Crippen molar-refractivity contribution < 1.29 is 27.1 Å². The molecule has 0 radical (unpaired) electrons. The highest BCUT2D eigenvalue weighted by atomic mass is 32.2. The summed E-state index contributed by atoms with van der Waals surface area (Å²) in [4.78, 5) is 24.7. The lowest BCUT2D eigenvalue weighted by Crippen LogP contribution is -2.40. The fourth-order valence-corrected chi connectivity index (χ4v) is 4.09. The van der Waals surface area contributed by atoms with Crippen LogP contribution in [-0.4, -0.2) is 39.5 Å². The van der Waals surface area contributed by atoms with Gasteiger partial charge in [0, 0.05) is 18.3 Å². The normalized spacial score (nSPS) is 11.8. The van der Waals surface area contributed by atoms with Gasteiger partial charge in [-0.15, -0.1) is 0 Å².